The van der Waals surface area contributed by atoms with Gasteiger partial charge in [-0.15, -0.1) is 0 Å². The Morgan fingerprint density at radius 3 is 2.50 bits per heavy atom. The number of aliphatic carboxylic acids is 1. The Morgan fingerprint density at radius 1 is 1.43 bits per heavy atom. The van der Waals surface area contributed by atoms with Gasteiger partial charge in [-0.25, -0.2) is 4.79 Å². The molecule has 0 spiro atoms. The molecular weight excluding hydrogens is 186 g/mol. The molecule has 0 radical (unpaired) electrons. The van der Waals surface area contributed by atoms with Gasteiger partial charge in [0, 0.05) is 19.6 Å². The zero-order valence-corrected chi connectivity index (χ0v) is 8.25. The summed E-state index contributed by atoms with van der Waals surface area (Å²) >= 11 is 0. The largest absolute Gasteiger partial charge is 0.481 e. The summed E-state index contributed by atoms with van der Waals surface area (Å²) in [6, 6.07) is -0.379. The summed E-state index contributed by atoms with van der Waals surface area (Å²) in [6.45, 7) is 2.65. The van der Waals surface area contributed by atoms with Gasteiger partial charge in [-0.1, -0.05) is 6.92 Å². The van der Waals surface area contributed by atoms with E-state index in [2.05, 4.69) is 10.6 Å². The van der Waals surface area contributed by atoms with E-state index in [4.69, 9.17) is 10.8 Å². The van der Waals surface area contributed by atoms with Gasteiger partial charge in [0.2, 0.25) is 0 Å². The molecule has 14 heavy (non-hydrogen) atoms. The van der Waals surface area contributed by atoms with Gasteiger partial charge in [-0.2, -0.15) is 0 Å². The Balaban J connectivity index is 3.68. The van der Waals surface area contributed by atoms with Crippen molar-refractivity contribution in [2.24, 2.45) is 11.7 Å². The van der Waals surface area contributed by atoms with Crippen LogP contribution >= 0.6 is 0 Å². The van der Waals surface area contributed by atoms with Crippen molar-refractivity contribution in [1.82, 2.24) is 10.6 Å². The second-order valence-electron chi connectivity index (χ2n) is 2.87. The highest BCUT2D eigenvalue weighted by atomic mass is 16.4. The van der Waals surface area contributed by atoms with Crippen molar-refractivity contribution in [1.29, 1.82) is 0 Å². The van der Waals surface area contributed by atoms with Crippen LogP contribution in [0, 0.1) is 5.92 Å². The molecule has 1 atom stereocenters. The molecule has 0 aliphatic rings. The number of nitrogens with two attached hydrogens (primary N) is 1. The molecule has 0 fully saturated rings. The fraction of sp³-hybridized carbons (Fsp3) is 0.750. The molecule has 2 amide bonds. The van der Waals surface area contributed by atoms with Crippen LogP contribution in [0.15, 0.2) is 0 Å². The Bertz CT molecular complexity index is 196. The van der Waals surface area contributed by atoms with E-state index in [1.54, 1.807) is 6.92 Å². The van der Waals surface area contributed by atoms with Gasteiger partial charge < -0.3 is 21.5 Å². The fourth-order valence-electron chi connectivity index (χ4n) is 0.870. The number of nitrogens with one attached hydrogen (secondary N) is 2. The van der Waals surface area contributed by atoms with Gasteiger partial charge in [0.1, 0.15) is 0 Å². The normalized spacial score (nSPS) is 11.9. The maximum absolute atomic E-state index is 11.0. The molecule has 0 aromatic rings. The van der Waals surface area contributed by atoms with Crippen molar-refractivity contribution in [3.05, 3.63) is 0 Å². The van der Waals surface area contributed by atoms with Crippen LogP contribution in [0.4, 0.5) is 4.79 Å². The SMILES string of the molecule is CCC(CNC(=O)NCCN)C(=O)O. The summed E-state index contributed by atoms with van der Waals surface area (Å²) in [5.74, 6) is -1.43. The van der Waals surface area contributed by atoms with E-state index in [1.807, 2.05) is 0 Å². The molecule has 0 aromatic heterocycles. The Hall–Kier alpha value is -1.30. The highest BCUT2D eigenvalue weighted by Crippen LogP contribution is 1.99. The van der Waals surface area contributed by atoms with E-state index >= 15 is 0 Å². The summed E-state index contributed by atoms with van der Waals surface area (Å²) in [5.41, 5.74) is 5.17. The first-order valence-electron chi connectivity index (χ1n) is 4.56. The van der Waals surface area contributed by atoms with Crippen LogP contribution < -0.4 is 16.4 Å². The zero-order valence-electron chi connectivity index (χ0n) is 8.25. The summed E-state index contributed by atoms with van der Waals surface area (Å²) < 4.78 is 0. The lowest BCUT2D eigenvalue weighted by molar-refractivity contribution is -0.141. The maximum Gasteiger partial charge on any atom is 0.314 e. The molecule has 6 heteroatoms. The average Bonchev–Trinajstić information content (AvgIpc) is 2.15. The molecule has 5 N–H and O–H groups in total. The lowest BCUT2D eigenvalue weighted by Gasteiger charge is -2.11. The van der Waals surface area contributed by atoms with Gasteiger partial charge in [-0.05, 0) is 6.42 Å². The van der Waals surface area contributed by atoms with Crippen LogP contribution in [-0.4, -0.2) is 36.7 Å². The molecular formula is C8H17N3O3. The number of carboxylic acid groups (broad SMARTS) is 1. The minimum Gasteiger partial charge on any atom is -0.481 e. The maximum atomic E-state index is 11.0. The number of hydrogen-bond donors (Lipinski definition) is 4. The first-order chi connectivity index (χ1) is 6.61. The highest BCUT2D eigenvalue weighted by Gasteiger charge is 2.15. The van der Waals surface area contributed by atoms with E-state index < -0.39 is 11.9 Å². The van der Waals surface area contributed by atoms with Gasteiger partial charge >= 0.3 is 12.0 Å². The van der Waals surface area contributed by atoms with Gasteiger partial charge in [0.25, 0.3) is 0 Å². The summed E-state index contributed by atoms with van der Waals surface area (Å²) in [5, 5.41) is 13.6. The summed E-state index contributed by atoms with van der Waals surface area (Å²) in [6.07, 6.45) is 0.493. The van der Waals surface area contributed by atoms with Crippen molar-refractivity contribution in [3.63, 3.8) is 0 Å². The molecule has 0 aliphatic carbocycles. The van der Waals surface area contributed by atoms with Crippen LogP contribution in [0.25, 0.3) is 0 Å². The molecule has 0 aliphatic heterocycles. The van der Waals surface area contributed by atoms with Crippen molar-refractivity contribution >= 4 is 12.0 Å². The first-order valence-corrected chi connectivity index (χ1v) is 4.56. The molecule has 0 bridgehead atoms. The smallest absolute Gasteiger partial charge is 0.314 e. The van der Waals surface area contributed by atoms with Crippen LogP contribution in [0.1, 0.15) is 13.3 Å². The lowest BCUT2D eigenvalue weighted by Crippen LogP contribution is -2.41. The molecule has 0 heterocycles. The average molecular weight is 203 g/mol. The minimum absolute atomic E-state index is 0.141. The van der Waals surface area contributed by atoms with Crippen LogP contribution in [0.3, 0.4) is 0 Å². The second kappa shape index (κ2) is 7.14. The lowest BCUT2D eigenvalue weighted by atomic mass is 10.1. The van der Waals surface area contributed by atoms with Gasteiger partial charge in [0.05, 0.1) is 5.92 Å². The zero-order chi connectivity index (χ0) is 11.0. The molecule has 1 unspecified atom stereocenters. The third-order valence-electron chi connectivity index (χ3n) is 1.78. The summed E-state index contributed by atoms with van der Waals surface area (Å²) in [4.78, 5) is 21.5. The van der Waals surface area contributed by atoms with Crippen molar-refractivity contribution in [2.75, 3.05) is 19.6 Å². The third kappa shape index (κ3) is 5.36. The second-order valence-corrected chi connectivity index (χ2v) is 2.87. The number of urea groups is 1. The fourth-order valence-corrected chi connectivity index (χ4v) is 0.870. The predicted molar refractivity (Wildman–Crippen MR) is 51.9 cm³/mol. The molecule has 0 rings (SSSR count). The van der Waals surface area contributed by atoms with E-state index in [0.29, 0.717) is 19.5 Å². The van der Waals surface area contributed by atoms with Crippen molar-refractivity contribution in [3.8, 4) is 0 Å². The number of hydrogen-bond acceptors (Lipinski definition) is 3. The van der Waals surface area contributed by atoms with Crippen LogP contribution in [0.5, 0.6) is 0 Å². The van der Waals surface area contributed by atoms with Crippen molar-refractivity contribution in [2.45, 2.75) is 13.3 Å². The topological polar surface area (TPSA) is 104 Å². The van der Waals surface area contributed by atoms with Crippen LogP contribution in [-0.2, 0) is 4.79 Å². The standard InChI is InChI=1S/C8H17N3O3/c1-2-6(7(12)13)5-11-8(14)10-4-3-9/h6H,2-5,9H2,1H3,(H,12,13)(H2,10,11,14). The number of amides is 2. The van der Waals surface area contributed by atoms with Crippen LogP contribution in [0.2, 0.25) is 0 Å². The minimum atomic E-state index is -0.897. The van der Waals surface area contributed by atoms with E-state index in [-0.39, 0.29) is 12.6 Å². The molecule has 6 nitrogen and oxygen atoms in total. The van der Waals surface area contributed by atoms with E-state index in [9.17, 15) is 9.59 Å². The monoisotopic (exact) mass is 203 g/mol. The molecule has 0 saturated carbocycles. The number of carboxylic acids is 1. The quantitative estimate of drug-likeness (QED) is 0.460. The number of carbonyl (C=O) groups excluding carboxylic acids is 1. The van der Waals surface area contributed by atoms with E-state index in [0.717, 1.165) is 0 Å². The van der Waals surface area contributed by atoms with Crippen molar-refractivity contribution < 1.29 is 14.7 Å². The molecule has 82 valence electrons. The van der Waals surface area contributed by atoms with Gasteiger partial charge in [-0.3, -0.25) is 4.79 Å². The Kier molecular flexibility index (Phi) is 6.47. The number of carbonyl (C=O) groups is 2. The number of rotatable bonds is 6. The summed E-state index contributed by atoms with van der Waals surface area (Å²) in [7, 11) is 0. The molecule has 0 aromatic carbocycles. The van der Waals surface area contributed by atoms with Gasteiger partial charge in [0.15, 0.2) is 0 Å². The van der Waals surface area contributed by atoms with E-state index in [1.165, 1.54) is 0 Å². The Morgan fingerprint density at radius 2 is 2.07 bits per heavy atom. The third-order valence-corrected chi connectivity index (χ3v) is 1.78. The Labute approximate surface area is 82.9 Å². The predicted octanol–water partition coefficient (Wildman–Crippen LogP) is -0.645. The first kappa shape index (κ1) is 12.7. The highest BCUT2D eigenvalue weighted by molar-refractivity contribution is 5.75. The molecule has 0 saturated heterocycles.